The molecule has 1 radical (unpaired) electrons. The predicted molar refractivity (Wildman–Crippen MR) is 46.3 cm³/mol. The molecule has 0 rings (SSSR count). The van der Waals surface area contributed by atoms with Gasteiger partial charge in [-0.3, -0.25) is 9.59 Å². The molecular formula is C8H15N2O2. The van der Waals surface area contributed by atoms with Crippen LogP contribution in [0.15, 0.2) is 0 Å². The third kappa shape index (κ3) is 3.37. The highest BCUT2D eigenvalue weighted by Crippen LogP contribution is 1.90. The van der Waals surface area contributed by atoms with Crippen LogP contribution in [0.25, 0.3) is 0 Å². The van der Waals surface area contributed by atoms with Gasteiger partial charge in [-0.2, -0.15) is 0 Å². The fourth-order valence-electron chi connectivity index (χ4n) is 0.623. The number of carbonyl (C=O) groups excluding carboxylic acids is 2. The molecular weight excluding hydrogens is 156 g/mol. The van der Waals surface area contributed by atoms with E-state index in [1.807, 2.05) is 0 Å². The quantitative estimate of drug-likeness (QED) is 0.588. The molecule has 4 nitrogen and oxygen atoms in total. The van der Waals surface area contributed by atoms with E-state index in [0.717, 1.165) is 0 Å². The molecule has 12 heavy (non-hydrogen) atoms. The Balaban J connectivity index is 3.92. The summed E-state index contributed by atoms with van der Waals surface area (Å²) < 4.78 is 0. The number of likely N-dealkylation sites (N-methyl/N-ethyl adjacent to an activating group) is 2. The smallest absolute Gasteiger partial charge is 0.241 e. The first-order valence-electron chi connectivity index (χ1n) is 3.72. The number of rotatable bonds is 3. The Morgan fingerprint density at radius 2 is 1.67 bits per heavy atom. The van der Waals surface area contributed by atoms with Crippen LogP contribution in [0.5, 0.6) is 0 Å². The van der Waals surface area contributed by atoms with Crippen molar-refractivity contribution in [3.05, 3.63) is 6.92 Å². The van der Waals surface area contributed by atoms with Crippen molar-refractivity contribution >= 4 is 11.8 Å². The van der Waals surface area contributed by atoms with E-state index in [0.29, 0.717) is 0 Å². The van der Waals surface area contributed by atoms with Crippen LogP contribution in [0.1, 0.15) is 6.42 Å². The van der Waals surface area contributed by atoms with E-state index in [9.17, 15) is 9.59 Å². The fourth-order valence-corrected chi connectivity index (χ4v) is 0.623. The van der Waals surface area contributed by atoms with Gasteiger partial charge in [0.25, 0.3) is 0 Å². The zero-order valence-electron chi connectivity index (χ0n) is 7.83. The van der Waals surface area contributed by atoms with Crippen LogP contribution in [0.4, 0.5) is 0 Å². The molecule has 0 spiro atoms. The van der Waals surface area contributed by atoms with Crippen molar-refractivity contribution in [2.24, 2.45) is 0 Å². The van der Waals surface area contributed by atoms with Crippen LogP contribution < -0.4 is 0 Å². The Labute approximate surface area is 73.1 Å². The highest BCUT2D eigenvalue weighted by atomic mass is 16.2. The summed E-state index contributed by atoms with van der Waals surface area (Å²) in [6.07, 6.45) is 0.192. The van der Waals surface area contributed by atoms with Crippen LogP contribution in [0.3, 0.4) is 0 Å². The SMILES string of the molecule is [CH2]CC(=O)N(C)CC(=O)N(C)C. The van der Waals surface area contributed by atoms with Crippen LogP contribution in [0.2, 0.25) is 0 Å². The Morgan fingerprint density at radius 3 is 2.00 bits per heavy atom. The second kappa shape index (κ2) is 4.74. The number of carbonyl (C=O) groups is 2. The van der Waals surface area contributed by atoms with E-state index in [-0.39, 0.29) is 24.8 Å². The summed E-state index contributed by atoms with van der Waals surface area (Å²) in [6, 6.07) is 0. The Morgan fingerprint density at radius 1 is 1.17 bits per heavy atom. The van der Waals surface area contributed by atoms with Gasteiger partial charge in [-0.05, 0) is 6.92 Å². The molecule has 0 unspecified atom stereocenters. The van der Waals surface area contributed by atoms with Crippen molar-refractivity contribution in [2.75, 3.05) is 27.7 Å². The van der Waals surface area contributed by atoms with Crippen LogP contribution >= 0.6 is 0 Å². The molecule has 0 aromatic rings. The lowest BCUT2D eigenvalue weighted by Gasteiger charge is -2.18. The van der Waals surface area contributed by atoms with E-state index in [2.05, 4.69) is 6.92 Å². The second-order valence-corrected chi connectivity index (χ2v) is 2.79. The minimum Gasteiger partial charge on any atom is -0.347 e. The topological polar surface area (TPSA) is 40.6 Å². The molecule has 0 fully saturated rings. The molecule has 0 saturated carbocycles. The maximum absolute atomic E-state index is 11.1. The van der Waals surface area contributed by atoms with E-state index >= 15 is 0 Å². The van der Waals surface area contributed by atoms with E-state index < -0.39 is 0 Å². The van der Waals surface area contributed by atoms with Gasteiger partial charge >= 0.3 is 0 Å². The first-order valence-corrected chi connectivity index (χ1v) is 3.72. The minimum absolute atomic E-state index is 0.0840. The molecule has 0 aliphatic carbocycles. The van der Waals surface area contributed by atoms with Crippen molar-refractivity contribution < 1.29 is 9.59 Å². The van der Waals surface area contributed by atoms with Crippen molar-refractivity contribution in [2.45, 2.75) is 6.42 Å². The van der Waals surface area contributed by atoms with Gasteiger partial charge in [0.05, 0.1) is 6.54 Å². The van der Waals surface area contributed by atoms with Gasteiger partial charge in [0.1, 0.15) is 0 Å². The summed E-state index contributed by atoms with van der Waals surface area (Å²) in [5.74, 6) is -0.204. The molecule has 0 aromatic carbocycles. The third-order valence-electron chi connectivity index (χ3n) is 1.51. The number of hydrogen-bond acceptors (Lipinski definition) is 2. The molecule has 0 N–H and O–H groups in total. The monoisotopic (exact) mass is 171 g/mol. The van der Waals surface area contributed by atoms with E-state index in [4.69, 9.17) is 0 Å². The number of hydrogen-bond donors (Lipinski definition) is 0. The number of amides is 2. The Bertz CT molecular complexity index is 178. The Hall–Kier alpha value is -1.06. The standard InChI is InChI=1S/C8H15N2O2/c1-5-7(11)10(4)6-8(12)9(2)3/h1,5-6H2,2-4H3. The molecule has 0 bridgehead atoms. The first-order chi connectivity index (χ1) is 5.49. The predicted octanol–water partition coefficient (Wildman–Crippen LogP) is -0.243. The van der Waals surface area contributed by atoms with Gasteiger partial charge in [0, 0.05) is 27.6 Å². The summed E-state index contributed by atoms with van der Waals surface area (Å²) in [4.78, 5) is 24.9. The normalized spacial score (nSPS) is 9.33. The maximum Gasteiger partial charge on any atom is 0.241 e. The zero-order valence-corrected chi connectivity index (χ0v) is 7.83. The molecule has 0 aliphatic heterocycles. The van der Waals surface area contributed by atoms with E-state index in [1.165, 1.54) is 9.80 Å². The van der Waals surface area contributed by atoms with Gasteiger partial charge < -0.3 is 9.80 Å². The maximum atomic E-state index is 11.1. The summed E-state index contributed by atoms with van der Waals surface area (Å²) in [5, 5.41) is 0. The molecule has 2 amide bonds. The van der Waals surface area contributed by atoms with Crippen LogP contribution in [0, 0.1) is 6.92 Å². The molecule has 69 valence electrons. The van der Waals surface area contributed by atoms with Crippen LogP contribution in [-0.2, 0) is 9.59 Å². The van der Waals surface area contributed by atoms with Gasteiger partial charge in [-0.1, -0.05) is 0 Å². The number of nitrogens with zero attached hydrogens (tertiary/aromatic N) is 2. The summed E-state index contributed by atoms with van der Waals surface area (Å²) in [7, 11) is 4.91. The lowest BCUT2D eigenvalue weighted by molar-refractivity contribution is -0.137. The van der Waals surface area contributed by atoms with Crippen molar-refractivity contribution in [1.29, 1.82) is 0 Å². The van der Waals surface area contributed by atoms with Gasteiger partial charge in [0.15, 0.2) is 0 Å². The molecule has 0 heterocycles. The average Bonchev–Trinajstić information content (AvgIpc) is 2.02. The molecule has 4 heteroatoms. The zero-order chi connectivity index (χ0) is 9.72. The molecule has 0 atom stereocenters. The lowest BCUT2D eigenvalue weighted by Crippen LogP contribution is -2.37. The van der Waals surface area contributed by atoms with Gasteiger partial charge in [-0.25, -0.2) is 0 Å². The summed E-state index contributed by atoms with van der Waals surface area (Å²) >= 11 is 0. The molecule has 0 aromatic heterocycles. The molecule has 0 saturated heterocycles. The van der Waals surface area contributed by atoms with Crippen molar-refractivity contribution in [3.8, 4) is 0 Å². The summed E-state index contributed by atoms with van der Waals surface area (Å²) in [6.45, 7) is 3.57. The first kappa shape index (κ1) is 10.9. The molecule has 0 aliphatic rings. The second-order valence-electron chi connectivity index (χ2n) is 2.79. The largest absolute Gasteiger partial charge is 0.347 e. The Kier molecular flexibility index (Phi) is 4.33. The lowest BCUT2D eigenvalue weighted by atomic mass is 10.4. The highest BCUT2D eigenvalue weighted by molar-refractivity contribution is 5.84. The minimum atomic E-state index is -0.120. The third-order valence-corrected chi connectivity index (χ3v) is 1.51. The van der Waals surface area contributed by atoms with Crippen molar-refractivity contribution in [1.82, 2.24) is 9.80 Å². The highest BCUT2D eigenvalue weighted by Gasteiger charge is 2.11. The van der Waals surface area contributed by atoms with E-state index in [1.54, 1.807) is 21.1 Å². The summed E-state index contributed by atoms with van der Waals surface area (Å²) in [5.41, 5.74) is 0. The van der Waals surface area contributed by atoms with Crippen LogP contribution in [-0.4, -0.2) is 49.3 Å². The fraction of sp³-hybridized carbons (Fsp3) is 0.625. The van der Waals surface area contributed by atoms with Gasteiger partial charge in [0.2, 0.25) is 11.8 Å². The average molecular weight is 171 g/mol. The van der Waals surface area contributed by atoms with Crippen molar-refractivity contribution in [3.63, 3.8) is 0 Å². The van der Waals surface area contributed by atoms with Gasteiger partial charge in [-0.15, -0.1) is 0 Å².